The number of carbonyl (C=O) groups excluding carboxylic acids is 4. The fourth-order valence-electron chi connectivity index (χ4n) is 5.53. The molecule has 3 rings (SSSR count). The molecule has 3 aromatic rings. The molecule has 0 fully saturated rings. The van der Waals surface area contributed by atoms with Gasteiger partial charge in [-0.05, 0) is 42.8 Å². The van der Waals surface area contributed by atoms with Crippen molar-refractivity contribution in [2.24, 2.45) is 0 Å². The molecule has 0 unspecified atom stereocenters. The molecule has 0 saturated carbocycles. The second kappa shape index (κ2) is 20.9. The van der Waals surface area contributed by atoms with E-state index in [0.29, 0.717) is 17.7 Å². The fraction of sp³-hybridized carbons (Fsp3) is 0.500. The summed E-state index contributed by atoms with van der Waals surface area (Å²) in [5, 5.41) is 7.65. The van der Waals surface area contributed by atoms with Crippen molar-refractivity contribution in [2.75, 3.05) is 17.7 Å². The zero-order valence-corrected chi connectivity index (χ0v) is 27.8. The molecule has 8 heteroatoms. The van der Waals surface area contributed by atoms with E-state index in [2.05, 4.69) is 22.3 Å². The largest absolute Gasteiger partial charge is 0.469 e. The summed E-state index contributed by atoms with van der Waals surface area (Å²) < 4.78 is 6.38. The summed E-state index contributed by atoms with van der Waals surface area (Å²) in [4.78, 5) is 48.9. The van der Waals surface area contributed by atoms with Crippen molar-refractivity contribution in [3.05, 3.63) is 66.5 Å². The monoisotopic (exact) mass is 630 g/mol. The first-order valence-electron chi connectivity index (χ1n) is 17.1. The summed E-state index contributed by atoms with van der Waals surface area (Å²) in [6.07, 6.45) is 20.9. The molecular weight excluding hydrogens is 578 g/mol. The second-order valence-corrected chi connectivity index (χ2v) is 12.1. The maximum atomic E-state index is 13.0. The van der Waals surface area contributed by atoms with Gasteiger partial charge in [0.15, 0.2) is 12.4 Å². The summed E-state index contributed by atoms with van der Waals surface area (Å²) in [6.45, 7) is 2.41. The summed E-state index contributed by atoms with van der Waals surface area (Å²) in [5.74, 6) is -0.782. The van der Waals surface area contributed by atoms with Crippen LogP contribution in [0.25, 0.3) is 10.8 Å². The highest BCUT2D eigenvalue weighted by atomic mass is 16.5. The number of aromatic nitrogens is 1. The van der Waals surface area contributed by atoms with Crippen LogP contribution in [0.3, 0.4) is 0 Å². The Labute approximate surface area is 274 Å². The molecule has 2 N–H and O–H groups in total. The van der Waals surface area contributed by atoms with E-state index in [0.717, 1.165) is 29.3 Å². The van der Waals surface area contributed by atoms with Gasteiger partial charge < -0.3 is 15.4 Å². The molecule has 0 saturated heterocycles. The van der Waals surface area contributed by atoms with E-state index < -0.39 is 5.97 Å². The van der Waals surface area contributed by atoms with Crippen molar-refractivity contribution in [3.8, 4) is 0 Å². The zero-order valence-electron chi connectivity index (χ0n) is 27.8. The summed E-state index contributed by atoms with van der Waals surface area (Å²) in [5.41, 5.74) is 1.85. The molecule has 248 valence electrons. The van der Waals surface area contributed by atoms with Gasteiger partial charge in [-0.3, -0.25) is 19.2 Å². The molecule has 0 aliphatic heterocycles. The molecule has 2 aromatic carbocycles. The van der Waals surface area contributed by atoms with Crippen molar-refractivity contribution < 1.29 is 28.5 Å². The molecule has 46 heavy (non-hydrogen) atoms. The van der Waals surface area contributed by atoms with Crippen LogP contribution in [-0.2, 0) is 25.7 Å². The first-order valence-corrected chi connectivity index (χ1v) is 17.1. The minimum atomic E-state index is -0.441. The quantitative estimate of drug-likeness (QED) is 0.0503. The molecule has 0 aliphatic rings. The molecule has 0 bridgehead atoms. The molecular formula is C38H52N3O5+. The maximum absolute atomic E-state index is 13.0. The summed E-state index contributed by atoms with van der Waals surface area (Å²) in [7, 11) is 1.28. The Balaban J connectivity index is 1.38. The van der Waals surface area contributed by atoms with E-state index >= 15 is 0 Å². The van der Waals surface area contributed by atoms with Crippen molar-refractivity contribution in [1.82, 2.24) is 0 Å². The van der Waals surface area contributed by atoms with Gasteiger partial charge in [0, 0.05) is 46.6 Å². The minimum Gasteiger partial charge on any atom is -0.469 e. The number of amides is 2. The molecule has 1 heterocycles. The number of esters is 1. The van der Waals surface area contributed by atoms with Crippen molar-refractivity contribution in [1.29, 1.82) is 0 Å². The number of benzene rings is 2. The van der Waals surface area contributed by atoms with E-state index in [1.165, 1.54) is 77.7 Å². The lowest BCUT2D eigenvalue weighted by Crippen LogP contribution is -2.37. The number of pyridine rings is 1. The Hall–Kier alpha value is -4.07. The topological polar surface area (TPSA) is 105 Å². The fourth-order valence-corrected chi connectivity index (χ4v) is 5.53. The van der Waals surface area contributed by atoms with Crippen LogP contribution in [0.4, 0.5) is 11.4 Å². The van der Waals surface area contributed by atoms with Crippen molar-refractivity contribution >= 4 is 45.7 Å². The Morgan fingerprint density at radius 3 is 1.91 bits per heavy atom. The van der Waals surface area contributed by atoms with E-state index in [1.54, 1.807) is 24.3 Å². The number of nitrogens with one attached hydrogen (secondary N) is 2. The van der Waals surface area contributed by atoms with E-state index in [1.807, 2.05) is 41.2 Å². The van der Waals surface area contributed by atoms with Crippen molar-refractivity contribution in [2.45, 2.75) is 116 Å². The Bertz CT molecular complexity index is 1400. The minimum absolute atomic E-state index is 0.00918. The number of anilines is 2. The standard InChI is InChI=1S/C38H51N3O5/c1-3-4-5-6-7-8-9-10-11-12-13-14-15-19-36(43)40-34-18-16-17-31-28-41(27-26-33(31)34)29-35(42)30-20-22-32(23-21-30)39-37(44)24-25-38(45)46-2/h16-18,20-23,26-28H,3-15,19,24-25,29H2,1-2H3,(H-,39,40,42,43,44)/p+1. The van der Waals surface area contributed by atoms with Gasteiger partial charge in [-0.25, -0.2) is 0 Å². The number of hydrogen-bond acceptors (Lipinski definition) is 5. The van der Waals surface area contributed by atoms with Gasteiger partial charge in [0.2, 0.25) is 24.1 Å². The molecule has 0 radical (unpaired) electrons. The SMILES string of the molecule is CCCCCCCCCCCCCCCC(=O)Nc1cccc2c[n+](CC(=O)c3ccc(NC(=O)CCC(=O)OC)cc3)ccc12. The van der Waals surface area contributed by atoms with Gasteiger partial charge in [-0.1, -0.05) is 90.0 Å². The van der Waals surface area contributed by atoms with Crippen LogP contribution >= 0.6 is 0 Å². The molecule has 2 amide bonds. The number of ether oxygens (including phenoxy) is 1. The van der Waals surface area contributed by atoms with Crippen LogP contribution in [0.5, 0.6) is 0 Å². The first kappa shape index (κ1) is 36.4. The molecule has 8 nitrogen and oxygen atoms in total. The highest BCUT2D eigenvalue weighted by Crippen LogP contribution is 2.22. The van der Waals surface area contributed by atoms with Crippen molar-refractivity contribution in [3.63, 3.8) is 0 Å². The lowest BCUT2D eigenvalue weighted by molar-refractivity contribution is -0.681. The lowest BCUT2D eigenvalue weighted by atomic mass is 10.0. The normalized spacial score (nSPS) is 10.9. The maximum Gasteiger partial charge on any atom is 0.306 e. The summed E-state index contributed by atoms with van der Waals surface area (Å²) >= 11 is 0. The second-order valence-electron chi connectivity index (χ2n) is 12.1. The predicted octanol–water partition coefficient (Wildman–Crippen LogP) is 8.32. The smallest absolute Gasteiger partial charge is 0.306 e. The first-order chi connectivity index (χ1) is 22.4. The molecule has 0 atom stereocenters. The third kappa shape index (κ3) is 13.5. The number of rotatable bonds is 22. The van der Waals surface area contributed by atoms with E-state index in [9.17, 15) is 19.2 Å². The number of unbranched alkanes of at least 4 members (excludes halogenated alkanes) is 12. The number of nitrogens with zero attached hydrogens (tertiary/aromatic N) is 1. The highest BCUT2D eigenvalue weighted by molar-refractivity contribution is 6.01. The van der Waals surface area contributed by atoms with Gasteiger partial charge in [0.1, 0.15) is 0 Å². The number of ketones is 1. The van der Waals surface area contributed by atoms with Crippen LogP contribution in [0.15, 0.2) is 60.9 Å². The lowest BCUT2D eigenvalue weighted by Gasteiger charge is -2.09. The third-order valence-electron chi connectivity index (χ3n) is 8.26. The molecule has 0 aliphatic carbocycles. The number of Topliss-reactive ketones (excluding diaryl/α,β-unsaturated/α-hetero) is 1. The Kier molecular flexibility index (Phi) is 16.5. The van der Waals surface area contributed by atoms with Crippen LogP contribution in [0.2, 0.25) is 0 Å². The average molecular weight is 631 g/mol. The summed E-state index contributed by atoms with van der Waals surface area (Å²) in [6, 6.07) is 14.4. The van der Waals surface area contributed by atoms with E-state index in [-0.39, 0.29) is 37.0 Å². The molecule has 1 aromatic heterocycles. The van der Waals surface area contributed by atoms with Gasteiger partial charge >= 0.3 is 5.97 Å². The van der Waals surface area contributed by atoms with E-state index in [4.69, 9.17) is 0 Å². The number of carbonyl (C=O) groups is 4. The zero-order chi connectivity index (χ0) is 33.0. The number of fused-ring (bicyclic) bond motifs is 1. The predicted molar refractivity (Wildman–Crippen MR) is 184 cm³/mol. The van der Waals surface area contributed by atoms with Crippen LogP contribution in [0.1, 0.15) is 120 Å². The Morgan fingerprint density at radius 1 is 0.674 bits per heavy atom. The third-order valence-corrected chi connectivity index (χ3v) is 8.26. The highest BCUT2D eigenvalue weighted by Gasteiger charge is 2.15. The van der Waals surface area contributed by atoms with Gasteiger partial charge in [-0.15, -0.1) is 0 Å². The average Bonchev–Trinajstić information content (AvgIpc) is 3.06. The number of hydrogen-bond donors (Lipinski definition) is 2. The Morgan fingerprint density at radius 2 is 1.28 bits per heavy atom. The van der Waals surface area contributed by atoms with Gasteiger partial charge in [-0.2, -0.15) is 4.57 Å². The number of methoxy groups -OCH3 is 1. The van der Waals surface area contributed by atoms with Crippen LogP contribution in [0, 0.1) is 0 Å². The molecule has 0 spiro atoms. The van der Waals surface area contributed by atoms with Crippen LogP contribution in [-0.4, -0.2) is 30.7 Å². The van der Waals surface area contributed by atoms with Crippen LogP contribution < -0.4 is 15.2 Å². The van der Waals surface area contributed by atoms with Gasteiger partial charge in [0.05, 0.1) is 13.5 Å². The van der Waals surface area contributed by atoms with Gasteiger partial charge in [0.25, 0.3) is 0 Å².